The molecule has 0 radical (unpaired) electrons. The molecule has 1 heterocycles. The van der Waals surface area contributed by atoms with Gasteiger partial charge in [-0.3, -0.25) is 9.48 Å². The van der Waals surface area contributed by atoms with Gasteiger partial charge in [0.15, 0.2) is 5.69 Å². The highest BCUT2D eigenvalue weighted by Crippen LogP contribution is 2.41. The maximum Gasteiger partial charge on any atom is 0.276 e. The van der Waals surface area contributed by atoms with E-state index in [2.05, 4.69) is 31.2 Å². The molecule has 0 aliphatic heterocycles. The van der Waals surface area contributed by atoms with E-state index in [4.69, 9.17) is 10.5 Å². The van der Waals surface area contributed by atoms with E-state index in [1.54, 1.807) is 25.3 Å². The van der Waals surface area contributed by atoms with Crippen molar-refractivity contribution < 1.29 is 9.53 Å². The van der Waals surface area contributed by atoms with Crippen LogP contribution in [-0.4, -0.2) is 22.8 Å². The zero-order valence-electron chi connectivity index (χ0n) is 15.0. The molecule has 25 heavy (non-hydrogen) atoms. The quantitative estimate of drug-likeness (QED) is 0.809. The van der Waals surface area contributed by atoms with E-state index < -0.39 is 0 Å². The molecule has 136 valence electrons. The zero-order valence-corrected chi connectivity index (χ0v) is 15.8. The van der Waals surface area contributed by atoms with Crippen LogP contribution in [0, 0.1) is 0 Å². The van der Waals surface area contributed by atoms with Crippen molar-refractivity contribution in [3.63, 3.8) is 0 Å². The second-order valence-corrected chi connectivity index (χ2v) is 7.22. The normalized spacial score (nSPS) is 13.9. The molecule has 1 fully saturated rings. The van der Waals surface area contributed by atoms with E-state index in [1.165, 1.54) is 0 Å². The Labute approximate surface area is 154 Å². The summed E-state index contributed by atoms with van der Waals surface area (Å²) in [5.74, 6) is 0.887. The van der Waals surface area contributed by atoms with E-state index in [0.717, 1.165) is 18.5 Å². The maximum absolute atomic E-state index is 12.6. The van der Waals surface area contributed by atoms with Crippen molar-refractivity contribution in [2.24, 2.45) is 0 Å². The van der Waals surface area contributed by atoms with Gasteiger partial charge in [-0.2, -0.15) is 5.10 Å². The summed E-state index contributed by atoms with van der Waals surface area (Å²) in [5.41, 5.74) is 8.33. The van der Waals surface area contributed by atoms with Gasteiger partial charge >= 0.3 is 0 Å². The number of carbonyl (C=O) groups excluding carboxylic acids is 1. The molecule has 1 aliphatic rings. The second kappa shape index (κ2) is 6.96. The van der Waals surface area contributed by atoms with Crippen molar-refractivity contribution in [3.05, 3.63) is 35.7 Å². The first-order valence-corrected chi connectivity index (χ1v) is 8.15. The average molecular weight is 365 g/mol. The first-order chi connectivity index (χ1) is 11.3. The third-order valence-electron chi connectivity index (χ3n) is 4.11. The SMILES string of the molecule is COc1ccc(N)c(NC(=O)c2cc(C3CC3)n(C(C)(C)C)n2)c1.Cl. The number of aromatic nitrogens is 2. The van der Waals surface area contributed by atoms with Gasteiger partial charge in [-0.05, 0) is 51.8 Å². The summed E-state index contributed by atoms with van der Waals surface area (Å²) in [6.07, 6.45) is 2.32. The predicted octanol–water partition coefficient (Wildman–Crippen LogP) is 3.78. The standard InChI is InChI=1S/C18H24N4O2.ClH/c1-18(2,3)22-16(11-5-6-11)10-15(21-22)17(23)20-14-9-12(24-4)7-8-13(14)19;/h7-11H,5-6,19H2,1-4H3,(H,20,23);1H. The molecule has 1 aromatic carbocycles. The summed E-state index contributed by atoms with van der Waals surface area (Å²) in [6.45, 7) is 6.27. The summed E-state index contributed by atoms with van der Waals surface area (Å²) >= 11 is 0. The summed E-state index contributed by atoms with van der Waals surface area (Å²) in [7, 11) is 1.57. The van der Waals surface area contributed by atoms with E-state index >= 15 is 0 Å². The molecule has 0 saturated heterocycles. The number of rotatable bonds is 4. The lowest BCUT2D eigenvalue weighted by atomic mass is 10.1. The number of hydrogen-bond donors (Lipinski definition) is 2. The van der Waals surface area contributed by atoms with Crippen LogP contribution >= 0.6 is 12.4 Å². The van der Waals surface area contributed by atoms with Crippen molar-refractivity contribution in [2.75, 3.05) is 18.2 Å². The van der Waals surface area contributed by atoms with Gasteiger partial charge in [-0.15, -0.1) is 12.4 Å². The van der Waals surface area contributed by atoms with Crippen LogP contribution in [0.15, 0.2) is 24.3 Å². The highest BCUT2D eigenvalue weighted by Gasteiger charge is 2.32. The number of halogens is 1. The van der Waals surface area contributed by atoms with E-state index in [0.29, 0.717) is 28.7 Å². The van der Waals surface area contributed by atoms with Gasteiger partial charge in [0.1, 0.15) is 5.75 Å². The number of nitrogen functional groups attached to an aromatic ring is 1. The van der Waals surface area contributed by atoms with Gasteiger partial charge in [0.2, 0.25) is 0 Å². The lowest BCUT2D eigenvalue weighted by molar-refractivity contribution is 0.102. The molecule has 2 aromatic rings. The fourth-order valence-corrected chi connectivity index (χ4v) is 2.67. The van der Waals surface area contributed by atoms with Crippen LogP contribution < -0.4 is 15.8 Å². The molecule has 1 amide bonds. The summed E-state index contributed by atoms with van der Waals surface area (Å²) in [5, 5.41) is 7.38. The predicted molar refractivity (Wildman–Crippen MR) is 102 cm³/mol. The molecule has 3 rings (SSSR count). The summed E-state index contributed by atoms with van der Waals surface area (Å²) < 4.78 is 7.14. The van der Waals surface area contributed by atoms with Gasteiger partial charge in [0.25, 0.3) is 5.91 Å². The lowest BCUT2D eigenvalue weighted by Gasteiger charge is -2.22. The maximum atomic E-state index is 12.6. The lowest BCUT2D eigenvalue weighted by Crippen LogP contribution is -2.25. The van der Waals surface area contributed by atoms with Crippen molar-refractivity contribution >= 4 is 29.7 Å². The molecular weight excluding hydrogens is 340 g/mol. The van der Waals surface area contributed by atoms with E-state index in [1.807, 2.05) is 10.7 Å². The van der Waals surface area contributed by atoms with Crippen molar-refractivity contribution in [1.29, 1.82) is 0 Å². The van der Waals surface area contributed by atoms with Gasteiger partial charge < -0.3 is 15.8 Å². The van der Waals surface area contributed by atoms with Crippen LogP contribution in [0.5, 0.6) is 5.75 Å². The van der Waals surface area contributed by atoms with Gasteiger partial charge in [-0.25, -0.2) is 0 Å². The molecule has 7 heteroatoms. The number of nitrogens with two attached hydrogens (primary N) is 1. The smallest absolute Gasteiger partial charge is 0.276 e. The number of benzene rings is 1. The number of nitrogens with zero attached hydrogens (tertiary/aromatic N) is 2. The Morgan fingerprint density at radius 3 is 2.56 bits per heavy atom. The zero-order chi connectivity index (χ0) is 17.5. The van der Waals surface area contributed by atoms with Crippen LogP contribution in [-0.2, 0) is 5.54 Å². The summed E-state index contributed by atoms with van der Waals surface area (Å²) in [6, 6.07) is 7.06. The number of carbonyl (C=O) groups is 1. The number of amides is 1. The Hall–Kier alpha value is -2.21. The van der Waals surface area contributed by atoms with Crippen LogP contribution in [0.2, 0.25) is 0 Å². The molecule has 1 aliphatic carbocycles. The molecule has 0 atom stereocenters. The molecular formula is C18H25ClN4O2. The van der Waals surface area contributed by atoms with E-state index in [-0.39, 0.29) is 23.9 Å². The molecule has 1 aromatic heterocycles. The van der Waals surface area contributed by atoms with Crippen LogP contribution in [0.3, 0.4) is 0 Å². The second-order valence-electron chi connectivity index (χ2n) is 7.22. The number of anilines is 2. The minimum atomic E-state index is -0.264. The van der Waals surface area contributed by atoms with Gasteiger partial charge in [0, 0.05) is 17.7 Å². The molecule has 6 nitrogen and oxygen atoms in total. The average Bonchev–Trinajstić information content (AvgIpc) is 3.26. The first-order valence-electron chi connectivity index (χ1n) is 8.15. The van der Waals surface area contributed by atoms with Crippen molar-refractivity contribution in [3.8, 4) is 5.75 Å². The largest absolute Gasteiger partial charge is 0.497 e. The molecule has 0 unspecified atom stereocenters. The highest BCUT2D eigenvalue weighted by molar-refractivity contribution is 6.04. The van der Waals surface area contributed by atoms with Crippen LogP contribution in [0.25, 0.3) is 0 Å². The molecule has 3 N–H and O–H groups in total. The number of methoxy groups -OCH3 is 1. The van der Waals surface area contributed by atoms with E-state index in [9.17, 15) is 4.79 Å². The number of ether oxygens (including phenoxy) is 1. The van der Waals surface area contributed by atoms with Crippen molar-refractivity contribution in [1.82, 2.24) is 9.78 Å². The molecule has 1 saturated carbocycles. The number of hydrogen-bond acceptors (Lipinski definition) is 4. The van der Waals surface area contributed by atoms with Crippen molar-refractivity contribution in [2.45, 2.75) is 45.1 Å². The fourth-order valence-electron chi connectivity index (χ4n) is 2.67. The number of nitrogens with one attached hydrogen (secondary N) is 1. The minimum Gasteiger partial charge on any atom is -0.497 e. The van der Waals surface area contributed by atoms with Crippen LogP contribution in [0.1, 0.15) is 55.7 Å². The Morgan fingerprint density at radius 2 is 2.00 bits per heavy atom. The van der Waals surface area contributed by atoms with Gasteiger partial charge in [0.05, 0.1) is 24.0 Å². The fraction of sp³-hybridized carbons (Fsp3) is 0.444. The highest BCUT2D eigenvalue weighted by atomic mass is 35.5. The van der Waals surface area contributed by atoms with Crippen LogP contribution in [0.4, 0.5) is 11.4 Å². The Balaban J connectivity index is 0.00000225. The topological polar surface area (TPSA) is 82.2 Å². The summed E-state index contributed by atoms with van der Waals surface area (Å²) in [4.78, 5) is 12.6. The molecule has 0 spiro atoms. The monoisotopic (exact) mass is 364 g/mol. The Kier molecular flexibility index (Phi) is 5.32. The third-order valence-corrected chi connectivity index (χ3v) is 4.11. The molecule has 0 bridgehead atoms. The third kappa shape index (κ3) is 4.07. The Morgan fingerprint density at radius 1 is 1.32 bits per heavy atom. The first kappa shape index (κ1) is 19.1. The minimum absolute atomic E-state index is 0. The Bertz CT molecular complexity index is 776. The van der Waals surface area contributed by atoms with Gasteiger partial charge in [-0.1, -0.05) is 0 Å².